The largest absolute Gasteiger partial charge is 0.472 e. The van der Waals surface area contributed by atoms with Crippen molar-refractivity contribution in [2.45, 2.75) is 31.7 Å². The van der Waals surface area contributed by atoms with Gasteiger partial charge in [0.25, 0.3) is 5.56 Å². The molecule has 2 aromatic heterocycles. The van der Waals surface area contributed by atoms with Gasteiger partial charge in [0.15, 0.2) is 5.82 Å². The summed E-state index contributed by atoms with van der Waals surface area (Å²) in [5, 5.41) is 3.07. The third kappa shape index (κ3) is 3.84. The number of carbonyl (C=O) groups is 1. The van der Waals surface area contributed by atoms with Crippen LogP contribution in [0.1, 0.15) is 24.8 Å². The number of furan rings is 1. The lowest BCUT2D eigenvalue weighted by atomic mass is 10.1. The summed E-state index contributed by atoms with van der Waals surface area (Å²) in [7, 11) is 1.71. The van der Waals surface area contributed by atoms with E-state index < -0.39 is 0 Å². The number of rotatable bonds is 5. The Kier molecular flexibility index (Phi) is 4.98. The Labute approximate surface area is 140 Å². The Morgan fingerprint density at radius 1 is 1.50 bits per heavy atom. The predicted octanol–water partition coefficient (Wildman–Crippen LogP) is 1.09. The molecule has 2 aromatic rings. The first-order chi connectivity index (χ1) is 11.6. The fraction of sp³-hybridized carbons (Fsp3) is 0.471. The number of amides is 1. The average Bonchev–Trinajstić information content (AvgIpc) is 3.09. The van der Waals surface area contributed by atoms with Crippen LogP contribution in [0.2, 0.25) is 0 Å². The van der Waals surface area contributed by atoms with Gasteiger partial charge in [0, 0.05) is 45.0 Å². The topological polar surface area (TPSA) is 80.4 Å². The van der Waals surface area contributed by atoms with E-state index in [9.17, 15) is 9.59 Å². The maximum Gasteiger partial charge on any atom is 0.293 e. The lowest BCUT2D eigenvalue weighted by Crippen LogP contribution is -2.49. The zero-order valence-electron chi connectivity index (χ0n) is 13.8. The van der Waals surface area contributed by atoms with E-state index in [2.05, 4.69) is 10.3 Å². The third-order valence-corrected chi connectivity index (χ3v) is 4.31. The number of anilines is 1. The minimum Gasteiger partial charge on any atom is -0.472 e. The van der Waals surface area contributed by atoms with E-state index in [1.807, 2.05) is 11.0 Å². The summed E-state index contributed by atoms with van der Waals surface area (Å²) in [4.78, 5) is 30.5. The van der Waals surface area contributed by atoms with Crippen LogP contribution in [-0.2, 0) is 18.3 Å². The van der Waals surface area contributed by atoms with Crippen molar-refractivity contribution in [3.63, 3.8) is 0 Å². The second kappa shape index (κ2) is 7.33. The highest BCUT2D eigenvalue weighted by Crippen LogP contribution is 2.15. The molecule has 0 aliphatic carbocycles. The molecule has 1 aliphatic heterocycles. The highest BCUT2D eigenvalue weighted by atomic mass is 16.3. The van der Waals surface area contributed by atoms with Gasteiger partial charge in [0.2, 0.25) is 5.91 Å². The van der Waals surface area contributed by atoms with Crippen molar-refractivity contribution in [1.82, 2.24) is 14.9 Å². The van der Waals surface area contributed by atoms with Crippen LogP contribution < -0.4 is 15.8 Å². The number of nitrogens with zero attached hydrogens (tertiary/aromatic N) is 3. The molecule has 1 amide bonds. The molecule has 0 bridgehead atoms. The monoisotopic (exact) mass is 330 g/mol. The van der Waals surface area contributed by atoms with E-state index in [0.717, 1.165) is 24.9 Å². The maximum absolute atomic E-state index is 12.2. The van der Waals surface area contributed by atoms with Gasteiger partial charge in [0.1, 0.15) is 0 Å². The molecule has 0 aromatic carbocycles. The molecule has 7 nitrogen and oxygen atoms in total. The van der Waals surface area contributed by atoms with Crippen LogP contribution in [0.5, 0.6) is 0 Å². The van der Waals surface area contributed by atoms with Crippen LogP contribution in [0, 0.1) is 0 Å². The smallest absolute Gasteiger partial charge is 0.293 e. The van der Waals surface area contributed by atoms with E-state index in [1.54, 1.807) is 32.0 Å². The number of hydrogen-bond donors (Lipinski definition) is 1. The predicted molar refractivity (Wildman–Crippen MR) is 89.9 cm³/mol. The molecule has 1 saturated heterocycles. The van der Waals surface area contributed by atoms with Crippen LogP contribution >= 0.6 is 0 Å². The second-order valence-corrected chi connectivity index (χ2v) is 6.15. The Balaban J connectivity index is 1.56. The van der Waals surface area contributed by atoms with Crippen LogP contribution in [0.25, 0.3) is 0 Å². The van der Waals surface area contributed by atoms with Gasteiger partial charge in [-0.3, -0.25) is 9.59 Å². The Morgan fingerprint density at radius 2 is 2.38 bits per heavy atom. The minimum atomic E-state index is -0.107. The molecule has 0 spiro atoms. The van der Waals surface area contributed by atoms with Gasteiger partial charge in [-0.05, 0) is 30.9 Å². The number of carbonyl (C=O) groups excluding carboxylic acids is 1. The first-order valence-electron chi connectivity index (χ1n) is 8.20. The standard InChI is InChI=1S/C17H22N4O3/c1-20-9-7-18-16(17(20)23)21-8-2-3-14(11-21)19-15(22)5-4-13-6-10-24-12-13/h6-7,9-10,12,14H,2-5,8,11H2,1H3,(H,19,22)/t14-/m0/s1. The molecule has 3 heterocycles. The molecule has 1 aliphatic rings. The molecular formula is C17H22N4O3. The molecule has 3 rings (SSSR count). The van der Waals surface area contributed by atoms with Crippen molar-refractivity contribution in [2.24, 2.45) is 7.05 Å². The van der Waals surface area contributed by atoms with Crippen LogP contribution in [0.15, 0.2) is 40.2 Å². The highest BCUT2D eigenvalue weighted by Gasteiger charge is 2.24. The van der Waals surface area contributed by atoms with Gasteiger partial charge >= 0.3 is 0 Å². The van der Waals surface area contributed by atoms with Crippen molar-refractivity contribution in [3.8, 4) is 0 Å². The summed E-state index contributed by atoms with van der Waals surface area (Å²) in [5.74, 6) is 0.481. The van der Waals surface area contributed by atoms with Crippen LogP contribution in [0.4, 0.5) is 5.82 Å². The van der Waals surface area contributed by atoms with Crippen molar-refractivity contribution < 1.29 is 9.21 Å². The lowest BCUT2D eigenvalue weighted by molar-refractivity contribution is -0.121. The van der Waals surface area contributed by atoms with E-state index in [0.29, 0.717) is 25.2 Å². The van der Waals surface area contributed by atoms with Gasteiger partial charge < -0.3 is 19.2 Å². The summed E-state index contributed by atoms with van der Waals surface area (Å²) in [6.07, 6.45) is 9.48. The molecular weight excluding hydrogens is 308 g/mol. The van der Waals surface area contributed by atoms with Crippen molar-refractivity contribution >= 4 is 11.7 Å². The van der Waals surface area contributed by atoms with E-state index in [1.165, 1.54) is 4.57 Å². The first kappa shape index (κ1) is 16.3. The van der Waals surface area contributed by atoms with E-state index in [-0.39, 0.29) is 17.5 Å². The summed E-state index contributed by atoms with van der Waals surface area (Å²) >= 11 is 0. The van der Waals surface area contributed by atoms with Crippen molar-refractivity contribution in [3.05, 3.63) is 46.9 Å². The lowest BCUT2D eigenvalue weighted by Gasteiger charge is -2.33. The minimum absolute atomic E-state index is 0.0250. The summed E-state index contributed by atoms with van der Waals surface area (Å²) in [6, 6.07) is 1.91. The average molecular weight is 330 g/mol. The maximum atomic E-state index is 12.2. The molecule has 0 radical (unpaired) electrons. The number of hydrogen-bond acceptors (Lipinski definition) is 5. The Bertz CT molecular complexity index is 739. The fourth-order valence-electron chi connectivity index (χ4n) is 2.98. The molecule has 128 valence electrons. The van der Waals surface area contributed by atoms with Gasteiger partial charge in [-0.25, -0.2) is 4.98 Å². The molecule has 1 N–H and O–H groups in total. The van der Waals surface area contributed by atoms with Gasteiger partial charge in [-0.1, -0.05) is 0 Å². The zero-order chi connectivity index (χ0) is 16.9. The van der Waals surface area contributed by atoms with Crippen molar-refractivity contribution in [1.29, 1.82) is 0 Å². The van der Waals surface area contributed by atoms with Crippen LogP contribution in [0.3, 0.4) is 0 Å². The Morgan fingerprint density at radius 3 is 3.17 bits per heavy atom. The number of aryl methyl sites for hydroxylation is 2. The summed E-state index contributed by atoms with van der Waals surface area (Å²) < 4.78 is 6.53. The normalized spacial score (nSPS) is 17.7. The first-order valence-corrected chi connectivity index (χ1v) is 8.20. The van der Waals surface area contributed by atoms with Gasteiger partial charge in [-0.2, -0.15) is 0 Å². The molecule has 24 heavy (non-hydrogen) atoms. The zero-order valence-corrected chi connectivity index (χ0v) is 13.8. The number of piperidine rings is 1. The molecule has 7 heteroatoms. The highest BCUT2D eigenvalue weighted by molar-refractivity contribution is 5.76. The fourth-order valence-corrected chi connectivity index (χ4v) is 2.98. The van der Waals surface area contributed by atoms with Crippen LogP contribution in [-0.4, -0.2) is 34.6 Å². The van der Waals surface area contributed by atoms with Gasteiger partial charge in [0.05, 0.1) is 12.5 Å². The summed E-state index contributed by atoms with van der Waals surface area (Å²) in [5.41, 5.74) is 0.914. The number of nitrogens with one attached hydrogen (secondary N) is 1. The quantitative estimate of drug-likeness (QED) is 0.888. The molecule has 0 saturated carbocycles. The summed E-state index contributed by atoms with van der Waals surface area (Å²) in [6.45, 7) is 1.40. The Hall–Kier alpha value is -2.57. The van der Waals surface area contributed by atoms with Gasteiger partial charge in [-0.15, -0.1) is 0 Å². The SMILES string of the molecule is Cn1ccnc(N2CCC[C@H](NC(=O)CCc3ccoc3)C2)c1=O. The van der Waals surface area contributed by atoms with E-state index >= 15 is 0 Å². The second-order valence-electron chi connectivity index (χ2n) is 6.15. The molecule has 1 fully saturated rings. The molecule has 0 unspecified atom stereocenters. The van der Waals surface area contributed by atoms with E-state index in [4.69, 9.17) is 4.42 Å². The molecule has 1 atom stereocenters. The van der Waals surface area contributed by atoms with Crippen molar-refractivity contribution in [2.75, 3.05) is 18.0 Å². The number of aromatic nitrogens is 2. The third-order valence-electron chi connectivity index (χ3n) is 4.31.